The fourth-order valence-corrected chi connectivity index (χ4v) is 6.99. The Labute approximate surface area is 253 Å². The summed E-state index contributed by atoms with van der Waals surface area (Å²) in [4.78, 5) is 15.3. The van der Waals surface area contributed by atoms with Crippen LogP contribution in [0, 0.1) is 12.8 Å². The van der Waals surface area contributed by atoms with E-state index in [4.69, 9.17) is 9.47 Å². The summed E-state index contributed by atoms with van der Waals surface area (Å²) in [6.45, 7) is 5.16. The number of nitrogens with one attached hydrogen (secondary N) is 1. The molecule has 0 bridgehead atoms. The molecule has 1 heterocycles. The molecular weight excluding hydrogens is 594 g/mol. The van der Waals surface area contributed by atoms with E-state index in [1.54, 1.807) is 19.1 Å². The molecule has 3 aromatic rings. The summed E-state index contributed by atoms with van der Waals surface area (Å²) in [6, 6.07) is 16.3. The van der Waals surface area contributed by atoms with Gasteiger partial charge in [0.1, 0.15) is 11.9 Å². The number of rotatable bonds is 10. The van der Waals surface area contributed by atoms with E-state index in [1.165, 1.54) is 78.0 Å². The van der Waals surface area contributed by atoms with Gasteiger partial charge in [-0.3, -0.25) is 9.52 Å². The van der Waals surface area contributed by atoms with E-state index in [9.17, 15) is 26.7 Å². The van der Waals surface area contributed by atoms with Crippen molar-refractivity contribution >= 4 is 31.6 Å². The topological polar surface area (TPSA) is 143 Å². The molecule has 0 radical (unpaired) electrons. The zero-order valence-electron chi connectivity index (χ0n) is 24.7. The first-order valence-corrected chi connectivity index (χ1v) is 16.6. The molecule has 2 N–H and O–H groups in total. The maximum Gasteiger partial charge on any atom is 0.262 e. The number of methoxy groups -OCH3 is 1. The van der Waals surface area contributed by atoms with E-state index in [2.05, 4.69) is 4.72 Å². The molecule has 3 atom stereocenters. The molecular formula is C30H37N3O8S2. The number of anilines is 1. The molecule has 232 valence electrons. The van der Waals surface area contributed by atoms with Crippen molar-refractivity contribution in [1.29, 1.82) is 0 Å². The largest absolute Gasteiger partial charge is 0.497 e. The monoisotopic (exact) mass is 631 g/mol. The molecule has 3 aromatic carbocycles. The number of benzene rings is 3. The van der Waals surface area contributed by atoms with E-state index in [0.29, 0.717) is 5.75 Å². The average Bonchev–Trinajstić information content (AvgIpc) is 2.98. The van der Waals surface area contributed by atoms with Gasteiger partial charge in [0, 0.05) is 19.5 Å². The van der Waals surface area contributed by atoms with Crippen LogP contribution >= 0.6 is 0 Å². The van der Waals surface area contributed by atoms with Gasteiger partial charge in [0.15, 0.2) is 5.75 Å². The molecule has 0 aliphatic carbocycles. The number of carbonyl (C=O) groups is 1. The lowest BCUT2D eigenvalue weighted by molar-refractivity contribution is 0.0389. The standard InChI is InChI=1S/C30H37N3O8S2/c1-20-9-13-25(14-10-20)43(38,39)32(4)18-28-21(2)17-33(22(3)19-34)30(35)26-7-6-8-27(29(26)41-28)31-42(36,37)24-15-11-23(40-5)12-16-24/h6-16,21-22,28,31,34H,17-19H2,1-5H3/t21-,22+,28+/m1/s1. The van der Waals surface area contributed by atoms with Gasteiger partial charge in [-0.25, -0.2) is 16.8 Å². The number of aryl methyl sites for hydroxylation is 1. The van der Waals surface area contributed by atoms with E-state index < -0.39 is 44.0 Å². The molecule has 0 unspecified atom stereocenters. The third-order valence-electron chi connectivity index (χ3n) is 7.47. The van der Waals surface area contributed by atoms with E-state index in [1.807, 2.05) is 13.8 Å². The highest BCUT2D eigenvalue weighted by Gasteiger charge is 2.36. The average molecular weight is 632 g/mol. The highest BCUT2D eigenvalue weighted by molar-refractivity contribution is 7.92. The summed E-state index contributed by atoms with van der Waals surface area (Å²) in [5.74, 6) is -0.407. The van der Waals surface area contributed by atoms with Crippen molar-refractivity contribution in [2.75, 3.05) is 38.6 Å². The van der Waals surface area contributed by atoms with Crippen molar-refractivity contribution in [3.05, 3.63) is 77.9 Å². The minimum absolute atomic E-state index is 0.0152. The van der Waals surface area contributed by atoms with Crippen molar-refractivity contribution in [1.82, 2.24) is 9.21 Å². The zero-order valence-corrected chi connectivity index (χ0v) is 26.4. The Hall–Kier alpha value is -3.65. The number of para-hydroxylation sites is 1. The van der Waals surface area contributed by atoms with E-state index in [0.717, 1.165) is 5.56 Å². The van der Waals surface area contributed by atoms with Gasteiger partial charge in [0.25, 0.3) is 15.9 Å². The van der Waals surface area contributed by atoms with Crippen LogP contribution in [0.2, 0.25) is 0 Å². The van der Waals surface area contributed by atoms with Gasteiger partial charge >= 0.3 is 0 Å². The minimum Gasteiger partial charge on any atom is -0.497 e. The molecule has 0 saturated carbocycles. The van der Waals surface area contributed by atoms with Gasteiger partial charge in [-0.2, -0.15) is 4.31 Å². The highest BCUT2D eigenvalue weighted by atomic mass is 32.2. The number of ether oxygens (including phenoxy) is 2. The lowest BCUT2D eigenvalue weighted by Crippen LogP contribution is -2.50. The normalized spacial score (nSPS) is 18.3. The van der Waals surface area contributed by atoms with Gasteiger partial charge in [-0.15, -0.1) is 0 Å². The Bertz CT molecular complexity index is 1660. The molecule has 1 amide bonds. The number of nitrogens with zero attached hydrogens (tertiary/aromatic N) is 2. The maximum absolute atomic E-state index is 13.7. The second-order valence-electron chi connectivity index (χ2n) is 10.7. The van der Waals surface area contributed by atoms with Gasteiger partial charge in [0.05, 0.1) is 47.3 Å². The Balaban J connectivity index is 1.75. The Morgan fingerprint density at radius 1 is 1.05 bits per heavy atom. The number of amides is 1. The molecule has 0 aromatic heterocycles. The third kappa shape index (κ3) is 6.96. The molecule has 0 saturated heterocycles. The Kier molecular flexibility index (Phi) is 9.70. The fraction of sp³-hybridized carbons (Fsp3) is 0.367. The Morgan fingerprint density at radius 2 is 1.67 bits per heavy atom. The predicted octanol–water partition coefficient (Wildman–Crippen LogP) is 3.35. The second kappa shape index (κ2) is 12.9. The lowest BCUT2D eigenvalue weighted by Gasteiger charge is -2.38. The van der Waals surface area contributed by atoms with Crippen LogP contribution in [0.1, 0.15) is 29.8 Å². The molecule has 11 nitrogen and oxygen atoms in total. The van der Waals surface area contributed by atoms with Crippen LogP contribution in [0.15, 0.2) is 76.5 Å². The third-order valence-corrected chi connectivity index (χ3v) is 10.7. The first-order valence-electron chi connectivity index (χ1n) is 13.7. The number of likely N-dealkylation sites (N-methyl/N-ethyl adjacent to an activating group) is 1. The highest BCUT2D eigenvalue weighted by Crippen LogP contribution is 2.36. The number of aliphatic hydroxyl groups excluding tert-OH is 1. The molecule has 1 aliphatic rings. The van der Waals surface area contributed by atoms with Crippen molar-refractivity contribution in [3.8, 4) is 11.5 Å². The van der Waals surface area contributed by atoms with Gasteiger partial charge in [0.2, 0.25) is 10.0 Å². The van der Waals surface area contributed by atoms with Crippen LogP contribution in [-0.4, -0.2) is 83.1 Å². The lowest BCUT2D eigenvalue weighted by atomic mass is 9.99. The number of hydrogen-bond acceptors (Lipinski definition) is 8. The number of carbonyl (C=O) groups excluding carboxylic acids is 1. The van der Waals surface area contributed by atoms with Crippen molar-refractivity contribution in [3.63, 3.8) is 0 Å². The van der Waals surface area contributed by atoms with Crippen LogP contribution in [0.5, 0.6) is 11.5 Å². The number of sulfonamides is 2. The van der Waals surface area contributed by atoms with Crippen LogP contribution < -0.4 is 14.2 Å². The van der Waals surface area contributed by atoms with Crippen molar-refractivity contribution < 1.29 is 36.2 Å². The number of hydrogen-bond donors (Lipinski definition) is 2. The summed E-state index contributed by atoms with van der Waals surface area (Å²) >= 11 is 0. The fourth-order valence-electron chi connectivity index (χ4n) is 4.74. The van der Waals surface area contributed by atoms with E-state index in [-0.39, 0.29) is 46.5 Å². The van der Waals surface area contributed by atoms with Crippen LogP contribution in [0.25, 0.3) is 0 Å². The minimum atomic E-state index is -4.12. The molecule has 0 fully saturated rings. The molecule has 1 aliphatic heterocycles. The maximum atomic E-state index is 13.7. The summed E-state index contributed by atoms with van der Waals surface area (Å²) in [6.07, 6.45) is -0.794. The van der Waals surface area contributed by atoms with Crippen LogP contribution in [0.3, 0.4) is 0 Å². The number of fused-ring (bicyclic) bond motifs is 1. The van der Waals surface area contributed by atoms with Crippen molar-refractivity contribution in [2.24, 2.45) is 5.92 Å². The van der Waals surface area contributed by atoms with Crippen LogP contribution in [-0.2, 0) is 20.0 Å². The first-order chi connectivity index (χ1) is 20.3. The van der Waals surface area contributed by atoms with Crippen LogP contribution in [0.4, 0.5) is 5.69 Å². The molecule has 13 heteroatoms. The second-order valence-corrected chi connectivity index (χ2v) is 14.4. The summed E-state index contributed by atoms with van der Waals surface area (Å²) < 4.78 is 68.8. The van der Waals surface area contributed by atoms with Crippen molar-refractivity contribution in [2.45, 2.75) is 42.7 Å². The first kappa shape index (κ1) is 32.3. The molecule has 43 heavy (non-hydrogen) atoms. The zero-order chi connectivity index (χ0) is 31.5. The smallest absolute Gasteiger partial charge is 0.262 e. The summed E-state index contributed by atoms with van der Waals surface area (Å²) in [5.41, 5.74) is 1.01. The molecule has 0 spiro atoms. The van der Waals surface area contributed by atoms with Gasteiger partial charge in [-0.05, 0) is 62.4 Å². The predicted molar refractivity (Wildman–Crippen MR) is 162 cm³/mol. The number of aliphatic hydroxyl groups is 1. The van der Waals surface area contributed by atoms with Gasteiger partial charge in [-0.1, -0.05) is 30.7 Å². The summed E-state index contributed by atoms with van der Waals surface area (Å²) in [5, 5.41) is 9.92. The quantitative estimate of drug-likeness (QED) is 0.347. The SMILES string of the molecule is COc1ccc(S(=O)(=O)Nc2cccc3c2O[C@@H](CN(C)S(=O)(=O)c2ccc(C)cc2)[C@H](C)CN([C@@H](C)CO)C3=O)cc1. The van der Waals surface area contributed by atoms with Gasteiger partial charge < -0.3 is 19.5 Å². The molecule has 4 rings (SSSR count). The summed E-state index contributed by atoms with van der Waals surface area (Å²) in [7, 11) is -5.09. The Morgan fingerprint density at radius 3 is 2.28 bits per heavy atom. The van der Waals surface area contributed by atoms with E-state index >= 15 is 0 Å².